The summed E-state index contributed by atoms with van der Waals surface area (Å²) in [6.07, 6.45) is 5.64. The standard InChI is InChI=1S/C62H44N6O/c1-3-4-20-43(2)65(46-21-8-5-9-22-46)49-27-18-29-51(41-49)67-57-33-16-14-31-53(57)55-37-35-44(39-59(55)67)61-63-64-62(69-61)45-36-38-56-54-32-15-17-34-58(54)68(60(56)40-45)52-30-19-28-50(42-52)66(47-23-10-6-11-24-47)48-25-12-7-13-26-48/h3-42H,1-2H2/b20-4-. The van der Waals surface area contributed by atoms with Crippen molar-refractivity contribution in [2.75, 3.05) is 9.80 Å². The van der Waals surface area contributed by atoms with Crippen LogP contribution in [0.1, 0.15) is 0 Å². The molecule has 0 bridgehead atoms. The summed E-state index contributed by atoms with van der Waals surface area (Å²) in [5, 5.41) is 13.9. The third kappa shape index (κ3) is 7.35. The minimum Gasteiger partial charge on any atom is -0.416 e. The van der Waals surface area contributed by atoms with E-state index < -0.39 is 0 Å². The molecule has 0 spiro atoms. The fourth-order valence-electron chi connectivity index (χ4n) is 9.68. The quantitative estimate of drug-likeness (QED) is 0.114. The molecule has 0 N–H and O–H groups in total. The molecule has 12 aromatic rings. The first-order chi connectivity index (χ1) is 34.1. The zero-order valence-corrected chi connectivity index (χ0v) is 37.6. The largest absolute Gasteiger partial charge is 0.416 e. The second kappa shape index (κ2) is 17.4. The predicted molar refractivity (Wildman–Crippen MR) is 286 cm³/mol. The zero-order valence-electron chi connectivity index (χ0n) is 37.6. The number of fused-ring (bicyclic) bond motifs is 6. The van der Waals surface area contributed by atoms with Gasteiger partial charge in [-0.3, -0.25) is 0 Å². The average molecular weight is 889 g/mol. The van der Waals surface area contributed by atoms with Gasteiger partial charge in [-0.15, -0.1) is 10.2 Å². The molecule has 328 valence electrons. The summed E-state index contributed by atoms with van der Waals surface area (Å²) in [6, 6.07) is 78.4. The van der Waals surface area contributed by atoms with Crippen molar-refractivity contribution in [3.63, 3.8) is 0 Å². The van der Waals surface area contributed by atoms with Gasteiger partial charge >= 0.3 is 0 Å². The first-order valence-electron chi connectivity index (χ1n) is 23.0. The number of hydrogen-bond acceptors (Lipinski definition) is 5. The summed E-state index contributed by atoms with van der Waals surface area (Å²) in [5.41, 5.74) is 14.0. The third-order valence-corrected chi connectivity index (χ3v) is 12.7. The van der Waals surface area contributed by atoms with Crippen molar-refractivity contribution >= 4 is 72.0 Å². The van der Waals surface area contributed by atoms with Crippen LogP contribution in [0.4, 0.5) is 28.4 Å². The van der Waals surface area contributed by atoms with Crippen LogP contribution in [0, 0.1) is 0 Å². The van der Waals surface area contributed by atoms with E-state index in [-0.39, 0.29) is 0 Å². The monoisotopic (exact) mass is 888 g/mol. The van der Waals surface area contributed by atoms with Crippen molar-refractivity contribution in [3.8, 4) is 34.3 Å². The zero-order chi connectivity index (χ0) is 46.3. The molecule has 0 fully saturated rings. The number of benzene rings is 9. The number of rotatable bonds is 12. The highest BCUT2D eigenvalue weighted by Gasteiger charge is 2.21. The topological polar surface area (TPSA) is 55.3 Å². The van der Waals surface area contributed by atoms with Crippen LogP contribution < -0.4 is 9.80 Å². The highest BCUT2D eigenvalue weighted by atomic mass is 16.4. The molecule has 0 saturated carbocycles. The first-order valence-corrected chi connectivity index (χ1v) is 23.0. The molecule has 0 aliphatic rings. The van der Waals surface area contributed by atoms with Gasteiger partial charge in [-0.05, 0) is 115 Å². The smallest absolute Gasteiger partial charge is 0.248 e. The van der Waals surface area contributed by atoms with Crippen LogP contribution in [-0.4, -0.2) is 19.3 Å². The molecule has 3 aromatic heterocycles. The predicted octanol–water partition coefficient (Wildman–Crippen LogP) is 16.5. The van der Waals surface area contributed by atoms with Crippen molar-refractivity contribution in [2.24, 2.45) is 0 Å². The van der Waals surface area contributed by atoms with Crippen molar-refractivity contribution in [2.45, 2.75) is 0 Å². The summed E-state index contributed by atoms with van der Waals surface area (Å²) in [4.78, 5) is 4.44. The van der Waals surface area contributed by atoms with E-state index >= 15 is 0 Å². The molecule has 7 heteroatoms. The molecule has 0 saturated heterocycles. The molecular weight excluding hydrogens is 845 g/mol. The Bertz CT molecular complexity index is 3860. The molecule has 0 aliphatic heterocycles. The van der Waals surface area contributed by atoms with Crippen LogP contribution in [0.5, 0.6) is 0 Å². The maximum Gasteiger partial charge on any atom is 0.248 e. The Hall–Kier alpha value is -9.46. The van der Waals surface area contributed by atoms with Gasteiger partial charge in [0.05, 0.1) is 22.1 Å². The van der Waals surface area contributed by atoms with E-state index in [9.17, 15) is 0 Å². The van der Waals surface area contributed by atoms with Gasteiger partial charge in [-0.2, -0.15) is 0 Å². The van der Waals surface area contributed by atoms with Gasteiger partial charge in [-0.25, -0.2) is 0 Å². The molecule has 12 rings (SSSR count). The van der Waals surface area contributed by atoms with Gasteiger partial charge < -0.3 is 23.4 Å². The second-order valence-corrected chi connectivity index (χ2v) is 16.9. The fraction of sp³-hybridized carbons (Fsp3) is 0. The molecule has 3 heterocycles. The number of para-hydroxylation sites is 5. The number of anilines is 5. The van der Waals surface area contributed by atoms with Crippen molar-refractivity contribution in [1.29, 1.82) is 0 Å². The maximum atomic E-state index is 6.62. The Morgan fingerprint density at radius 3 is 1.38 bits per heavy atom. The average Bonchev–Trinajstić information content (AvgIpc) is 4.12. The van der Waals surface area contributed by atoms with Crippen LogP contribution >= 0.6 is 0 Å². The highest BCUT2D eigenvalue weighted by Crippen LogP contribution is 2.41. The van der Waals surface area contributed by atoms with E-state index in [0.29, 0.717) is 11.8 Å². The summed E-state index contributed by atoms with van der Waals surface area (Å²) >= 11 is 0. The van der Waals surface area contributed by atoms with Crippen molar-refractivity contribution in [3.05, 3.63) is 262 Å². The van der Waals surface area contributed by atoms with Gasteiger partial charge in [0, 0.05) is 78.2 Å². The van der Waals surface area contributed by atoms with Crippen molar-refractivity contribution < 1.29 is 4.42 Å². The van der Waals surface area contributed by atoms with Gasteiger partial charge in [0.25, 0.3) is 0 Å². The maximum absolute atomic E-state index is 6.62. The van der Waals surface area contributed by atoms with E-state index in [1.54, 1.807) is 6.08 Å². The molecule has 0 unspecified atom stereocenters. The molecule has 0 atom stereocenters. The SMILES string of the molecule is C=C/C=C\C(=C)N(c1ccccc1)c1cccc(-n2c3ccccc3c3ccc(-c4nnc(-c5ccc6c7ccccc7n(-c7cccc(N(c8ccccc8)c8ccccc8)c7)c6c5)o4)cc32)c1. The Kier molecular flexibility index (Phi) is 10.3. The van der Waals surface area contributed by atoms with E-state index in [2.05, 4.69) is 249 Å². The number of aromatic nitrogens is 4. The van der Waals surface area contributed by atoms with Crippen LogP contribution in [0.2, 0.25) is 0 Å². The Balaban J connectivity index is 0.943. The van der Waals surface area contributed by atoms with Crippen LogP contribution in [0.15, 0.2) is 266 Å². The molecule has 0 aliphatic carbocycles. The summed E-state index contributed by atoms with van der Waals surface area (Å²) < 4.78 is 11.3. The molecular formula is C62H44N6O. The summed E-state index contributed by atoms with van der Waals surface area (Å²) in [5.74, 6) is 0.880. The lowest BCUT2D eigenvalue weighted by atomic mass is 10.1. The van der Waals surface area contributed by atoms with Crippen LogP contribution in [0.25, 0.3) is 77.9 Å². The third-order valence-electron chi connectivity index (χ3n) is 12.7. The first kappa shape index (κ1) is 41.0. The minimum atomic E-state index is 0.438. The number of allylic oxidation sites excluding steroid dienone is 3. The normalized spacial score (nSPS) is 11.5. The van der Waals surface area contributed by atoms with Gasteiger partial charge in [-0.1, -0.05) is 141 Å². The Morgan fingerprint density at radius 1 is 0.420 bits per heavy atom. The Labute approximate surface area is 399 Å². The molecule has 7 nitrogen and oxygen atoms in total. The molecule has 0 amide bonds. The second-order valence-electron chi connectivity index (χ2n) is 16.9. The van der Waals surface area contributed by atoms with Crippen LogP contribution in [-0.2, 0) is 0 Å². The Morgan fingerprint density at radius 2 is 0.855 bits per heavy atom. The van der Waals surface area contributed by atoms with Crippen LogP contribution in [0.3, 0.4) is 0 Å². The minimum absolute atomic E-state index is 0.438. The lowest BCUT2D eigenvalue weighted by Gasteiger charge is -2.26. The molecule has 69 heavy (non-hydrogen) atoms. The lowest BCUT2D eigenvalue weighted by molar-refractivity contribution is 0.584. The van der Waals surface area contributed by atoms with Gasteiger partial charge in [0.2, 0.25) is 11.8 Å². The summed E-state index contributed by atoms with van der Waals surface area (Å²) in [7, 11) is 0. The lowest BCUT2D eigenvalue weighted by Crippen LogP contribution is -2.14. The van der Waals surface area contributed by atoms with Gasteiger partial charge in [0.15, 0.2) is 0 Å². The molecule has 9 aromatic carbocycles. The number of hydrogen-bond donors (Lipinski definition) is 0. The highest BCUT2D eigenvalue weighted by molar-refractivity contribution is 6.11. The summed E-state index contributed by atoms with van der Waals surface area (Å²) in [6.45, 7) is 8.31. The van der Waals surface area contributed by atoms with E-state index in [0.717, 1.165) is 100 Å². The number of nitrogens with zero attached hydrogens (tertiary/aromatic N) is 6. The fourth-order valence-corrected chi connectivity index (χ4v) is 9.68. The molecule has 0 radical (unpaired) electrons. The van der Waals surface area contributed by atoms with Gasteiger partial charge in [0.1, 0.15) is 0 Å². The van der Waals surface area contributed by atoms with E-state index in [1.807, 2.05) is 30.4 Å². The van der Waals surface area contributed by atoms with Crippen molar-refractivity contribution in [1.82, 2.24) is 19.3 Å². The van der Waals surface area contributed by atoms with E-state index in [4.69, 9.17) is 4.42 Å². The van der Waals surface area contributed by atoms with E-state index in [1.165, 1.54) is 0 Å².